The van der Waals surface area contributed by atoms with Crippen LogP contribution in [0.1, 0.15) is 24.3 Å². The lowest BCUT2D eigenvalue weighted by molar-refractivity contribution is 0.0938. The van der Waals surface area contributed by atoms with Crippen molar-refractivity contribution in [3.63, 3.8) is 0 Å². The molecule has 2 rings (SSSR count). The van der Waals surface area contributed by atoms with Gasteiger partial charge in [-0.05, 0) is 19.9 Å². The molecule has 98 valence electrons. The van der Waals surface area contributed by atoms with Crippen LogP contribution in [-0.2, 0) is 4.74 Å². The molecule has 6 heteroatoms. The van der Waals surface area contributed by atoms with Crippen molar-refractivity contribution in [2.45, 2.75) is 19.9 Å². The highest BCUT2D eigenvalue weighted by Gasteiger charge is 2.16. The van der Waals surface area contributed by atoms with Crippen molar-refractivity contribution < 1.29 is 9.53 Å². The van der Waals surface area contributed by atoms with Crippen molar-refractivity contribution >= 4 is 11.9 Å². The molecule has 18 heavy (non-hydrogen) atoms. The summed E-state index contributed by atoms with van der Waals surface area (Å²) in [6, 6.07) is 1.72. The second kappa shape index (κ2) is 5.77. The van der Waals surface area contributed by atoms with Crippen LogP contribution < -0.4 is 10.2 Å². The molecule has 0 atom stereocenters. The maximum atomic E-state index is 11.8. The molecule has 1 aliphatic heterocycles. The Morgan fingerprint density at radius 1 is 1.44 bits per heavy atom. The average molecular weight is 250 g/mol. The fraction of sp³-hybridized carbons (Fsp3) is 0.583. The van der Waals surface area contributed by atoms with E-state index in [-0.39, 0.29) is 11.9 Å². The van der Waals surface area contributed by atoms with E-state index in [9.17, 15) is 4.79 Å². The Hall–Kier alpha value is -1.69. The van der Waals surface area contributed by atoms with Gasteiger partial charge in [0.05, 0.1) is 13.2 Å². The molecule has 2 heterocycles. The summed E-state index contributed by atoms with van der Waals surface area (Å²) in [5, 5.41) is 2.82. The number of anilines is 1. The third kappa shape index (κ3) is 3.16. The number of hydrogen-bond donors (Lipinski definition) is 1. The van der Waals surface area contributed by atoms with Crippen LogP contribution >= 0.6 is 0 Å². The molecule has 1 saturated heterocycles. The lowest BCUT2D eigenvalue weighted by Crippen LogP contribution is -2.38. The van der Waals surface area contributed by atoms with Gasteiger partial charge >= 0.3 is 0 Å². The van der Waals surface area contributed by atoms with Gasteiger partial charge in [0.25, 0.3) is 5.91 Å². The van der Waals surface area contributed by atoms with Gasteiger partial charge in [-0.15, -0.1) is 0 Å². The number of amides is 1. The van der Waals surface area contributed by atoms with E-state index < -0.39 is 0 Å². The second-order valence-electron chi connectivity index (χ2n) is 4.47. The number of carbonyl (C=O) groups excluding carboxylic acids is 1. The van der Waals surface area contributed by atoms with Crippen molar-refractivity contribution in [2.75, 3.05) is 31.2 Å². The Bertz CT molecular complexity index is 416. The molecule has 1 fully saturated rings. The van der Waals surface area contributed by atoms with Crippen molar-refractivity contribution in [1.82, 2.24) is 15.3 Å². The van der Waals surface area contributed by atoms with E-state index in [4.69, 9.17) is 4.74 Å². The first-order chi connectivity index (χ1) is 8.66. The molecule has 0 saturated carbocycles. The summed E-state index contributed by atoms with van der Waals surface area (Å²) < 4.78 is 5.28. The minimum Gasteiger partial charge on any atom is -0.378 e. The fourth-order valence-electron chi connectivity index (χ4n) is 1.73. The Kier molecular flexibility index (Phi) is 4.09. The standard InChI is InChI=1S/C12H18N4O2/c1-9(2)14-11(17)10-3-4-13-12(15-10)16-5-7-18-8-6-16/h3-4,9H,5-8H2,1-2H3,(H,14,17). The summed E-state index contributed by atoms with van der Waals surface area (Å²) >= 11 is 0. The van der Waals surface area contributed by atoms with Crippen molar-refractivity contribution in [2.24, 2.45) is 0 Å². The van der Waals surface area contributed by atoms with Crippen LogP contribution in [0, 0.1) is 0 Å². The normalized spacial score (nSPS) is 15.8. The molecule has 1 aromatic heterocycles. The predicted octanol–water partition coefficient (Wildman–Crippen LogP) is 0.451. The molecule has 0 aliphatic carbocycles. The number of hydrogen-bond acceptors (Lipinski definition) is 5. The van der Waals surface area contributed by atoms with Crippen LogP contribution in [0.3, 0.4) is 0 Å². The summed E-state index contributed by atoms with van der Waals surface area (Å²) in [5.74, 6) is 0.427. The summed E-state index contributed by atoms with van der Waals surface area (Å²) in [4.78, 5) is 22.4. The number of rotatable bonds is 3. The molecule has 1 N–H and O–H groups in total. The van der Waals surface area contributed by atoms with E-state index in [1.807, 2.05) is 18.7 Å². The SMILES string of the molecule is CC(C)NC(=O)c1ccnc(N2CCOCC2)n1. The summed E-state index contributed by atoms with van der Waals surface area (Å²) in [7, 11) is 0. The van der Waals surface area contributed by atoms with Crippen molar-refractivity contribution in [3.05, 3.63) is 18.0 Å². The minimum atomic E-state index is -0.165. The van der Waals surface area contributed by atoms with Gasteiger partial charge in [0, 0.05) is 25.3 Å². The second-order valence-corrected chi connectivity index (χ2v) is 4.47. The molecule has 6 nitrogen and oxygen atoms in total. The highest BCUT2D eigenvalue weighted by atomic mass is 16.5. The third-order valence-corrected chi connectivity index (χ3v) is 2.59. The molecule has 1 aliphatic rings. The van der Waals surface area contributed by atoms with Gasteiger partial charge in [-0.3, -0.25) is 4.79 Å². The third-order valence-electron chi connectivity index (χ3n) is 2.59. The summed E-state index contributed by atoms with van der Waals surface area (Å²) in [6.07, 6.45) is 1.62. The molecule has 0 bridgehead atoms. The Balaban J connectivity index is 2.11. The molecule has 0 aromatic carbocycles. The zero-order valence-corrected chi connectivity index (χ0v) is 10.7. The maximum absolute atomic E-state index is 11.8. The lowest BCUT2D eigenvalue weighted by atomic mass is 10.3. The van der Waals surface area contributed by atoms with Crippen LogP contribution in [0.5, 0.6) is 0 Å². The highest BCUT2D eigenvalue weighted by Crippen LogP contribution is 2.09. The van der Waals surface area contributed by atoms with Crippen LogP contribution in [0.2, 0.25) is 0 Å². The summed E-state index contributed by atoms with van der Waals surface area (Å²) in [5.41, 5.74) is 0.403. The molecule has 1 amide bonds. The highest BCUT2D eigenvalue weighted by molar-refractivity contribution is 5.92. The van der Waals surface area contributed by atoms with Crippen LogP contribution in [0.25, 0.3) is 0 Å². The fourth-order valence-corrected chi connectivity index (χ4v) is 1.73. The van der Waals surface area contributed by atoms with E-state index in [0.717, 1.165) is 13.1 Å². The number of morpholine rings is 1. The molecule has 0 radical (unpaired) electrons. The Morgan fingerprint density at radius 3 is 2.83 bits per heavy atom. The Morgan fingerprint density at radius 2 is 2.17 bits per heavy atom. The number of nitrogens with zero attached hydrogens (tertiary/aromatic N) is 3. The van der Waals surface area contributed by atoms with Gasteiger partial charge in [-0.1, -0.05) is 0 Å². The first kappa shape index (κ1) is 12.8. The minimum absolute atomic E-state index is 0.0966. The number of carbonyl (C=O) groups is 1. The van der Waals surface area contributed by atoms with Gasteiger partial charge in [0.15, 0.2) is 0 Å². The first-order valence-corrected chi connectivity index (χ1v) is 6.13. The monoisotopic (exact) mass is 250 g/mol. The topological polar surface area (TPSA) is 67.4 Å². The zero-order chi connectivity index (χ0) is 13.0. The van der Waals surface area contributed by atoms with Gasteiger partial charge in [0.1, 0.15) is 5.69 Å². The van der Waals surface area contributed by atoms with Crippen LogP contribution in [-0.4, -0.2) is 48.2 Å². The van der Waals surface area contributed by atoms with E-state index >= 15 is 0 Å². The first-order valence-electron chi connectivity index (χ1n) is 6.13. The molecular formula is C12H18N4O2. The largest absolute Gasteiger partial charge is 0.378 e. The van der Waals surface area contributed by atoms with Crippen LogP contribution in [0.15, 0.2) is 12.3 Å². The molecule has 0 unspecified atom stereocenters. The number of nitrogens with one attached hydrogen (secondary N) is 1. The van der Waals surface area contributed by atoms with Gasteiger partial charge < -0.3 is 15.0 Å². The predicted molar refractivity (Wildman–Crippen MR) is 67.7 cm³/mol. The molecule has 1 aromatic rings. The van der Waals surface area contributed by atoms with Crippen LogP contribution in [0.4, 0.5) is 5.95 Å². The smallest absolute Gasteiger partial charge is 0.270 e. The van der Waals surface area contributed by atoms with Crippen molar-refractivity contribution in [1.29, 1.82) is 0 Å². The molecule has 0 spiro atoms. The maximum Gasteiger partial charge on any atom is 0.270 e. The van der Waals surface area contributed by atoms with E-state index in [2.05, 4.69) is 15.3 Å². The number of ether oxygens (including phenoxy) is 1. The quantitative estimate of drug-likeness (QED) is 0.843. The molecular weight excluding hydrogens is 232 g/mol. The van der Waals surface area contributed by atoms with Gasteiger partial charge in [-0.25, -0.2) is 9.97 Å². The van der Waals surface area contributed by atoms with E-state index in [1.165, 1.54) is 0 Å². The lowest BCUT2D eigenvalue weighted by Gasteiger charge is -2.26. The van der Waals surface area contributed by atoms with Crippen molar-refractivity contribution in [3.8, 4) is 0 Å². The van der Waals surface area contributed by atoms with Gasteiger partial charge in [-0.2, -0.15) is 0 Å². The Labute approximate surface area is 106 Å². The zero-order valence-electron chi connectivity index (χ0n) is 10.7. The average Bonchev–Trinajstić information content (AvgIpc) is 2.39. The van der Waals surface area contributed by atoms with E-state index in [1.54, 1.807) is 12.3 Å². The summed E-state index contributed by atoms with van der Waals surface area (Å²) in [6.45, 7) is 6.70. The van der Waals surface area contributed by atoms with Gasteiger partial charge in [0.2, 0.25) is 5.95 Å². The number of aromatic nitrogens is 2. The van der Waals surface area contributed by atoms with E-state index in [0.29, 0.717) is 24.9 Å².